The molecule has 1 aliphatic heterocycles. The fourth-order valence-electron chi connectivity index (χ4n) is 1.61. The van der Waals surface area contributed by atoms with Crippen molar-refractivity contribution >= 4 is 5.91 Å². The molecule has 0 aromatic heterocycles. The maximum absolute atomic E-state index is 10.9. The van der Waals surface area contributed by atoms with E-state index in [1.165, 1.54) is 0 Å². The SMILES string of the molecule is CCC1(N)CN(CCC(=O)NC)C1. The number of hydrogen-bond acceptors (Lipinski definition) is 3. The Morgan fingerprint density at radius 3 is 2.69 bits per heavy atom. The van der Waals surface area contributed by atoms with Gasteiger partial charge in [0.05, 0.1) is 0 Å². The monoisotopic (exact) mass is 185 g/mol. The van der Waals surface area contributed by atoms with Crippen molar-refractivity contribution in [2.24, 2.45) is 5.73 Å². The van der Waals surface area contributed by atoms with E-state index in [9.17, 15) is 4.79 Å². The van der Waals surface area contributed by atoms with Gasteiger partial charge in [0.15, 0.2) is 0 Å². The molecule has 1 fully saturated rings. The summed E-state index contributed by atoms with van der Waals surface area (Å²) in [5.41, 5.74) is 6.01. The highest BCUT2D eigenvalue weighted by Gasteiger charge is 2.37. The fraction of sp³-hybridized carbons (Fsp3) is 0.889. The van der Waals surface area contributed by atoms with Gasteiger partial charge < -0.3 is 11.1 Å². The first-order chi connectivity index (χ1) is 6.09. The van der Waals surface area contributed by atoms with Crippen molar-refractivity contribution < 1.29 is 4.79 Å². The first-order valence-corrected chi connectivity index (χ1v) is 4.81. The van der Waals surface area contributed by atoms with Gasteiger partial charge in [-0.05, 0) is 6.42 Å². The van der Waals surface area contributed by atoms with Crippen molar-refractivity contribution in [3.8, 4) is 0 Å². The van der Waals surface area contributed by atoms with Crippen molar-refractivity contribution in [3.05, 3.63) is 0 Å². The lowest BCUT2D eigenvalue weighted by Gasteiger charge is -2.47. The highest BCUT2D eigenvalue weighted by molar-refractivity contribution is 5.75. The van der Waals surface area contributed by atoms with Crippen LogP contribution in [0.1, 0.15) is 19.8 Å². The molecular formula is C9H19N3O. The Bertz CT molecular complexity index is 187. The van der Waals surface area contributed by atoms with Crippen LogP contribution in [0.25, 0.3) is 0 Å². The number of carbonyl (C=O) groups is 1. The molecule has 13 heavy (non-hydrogen) atoms. The normalized spacial score (nSPS) is 20.8. The summed E-state index contributed by atoms with van der Waals surface area (Å²) in [5.74, 6) is 0.103. The summed E-state index contributed by atoms with van der Waals surface area (Å²) in [4.78, 5) is 13.1. The smallest absolute Gasteiger partial charge is 0.221 e. The summed E-state index contributed by atoms with van der Waals surface area (Å²) in [7, 11) is 1.66. The first-order valence-electron chi connectivity index (χ1n) is 4.81. The molecular weight excluding hydrogens is 166 g/mol. The molecule has 76 valence electrons. The lowest BCUT2D eigenvalue weighted by atomic mass is 9.88. The van der Waals surface area contributed by atoms with E-state index in [-0.39, 0.29) is 11.4 Å². The van der Waals surface area contributed by atoms with Gasteiger partial charge in [0.2, 0.25) is 5.91 Å². The summed E-state index contributed by atoms with van der Waals surface area (Å²) in [5, 5.41) is 2.61. The third kappa shape index (κ3) is 2.67. The molecule has 0 atom stereocenters. The molecule has 0 saturated carbocycles. The van der Waals surface area contributed by atoms with Crippen LogP contribution in [0.3, 0.4) is 0 Å². The number of nitrogens with one attached hydrogen (secondary N) is 1. The van der Waals surface area contributed by atoms with E-state index in [0.717, 1.165) is 26.1 Å². The number of amides is 1. The highest BCUT2D eigenvalue weighted by Crippen LogP contribution is 2.20. The van der Waals surface area contributed by atoms with Gasteiger partial charge in [0.25, 0.3) is 0 Å². The maximum Gasteiger partial charge on any atom is 0.221 e. The van der Waals surface area contributed by atoms with Crippen molar-refractivity contribution in [1.82, 2.24) is 10.2 Å². The standard InChI is InChI=1S/C9H19N3O/c1-3-9(10)6-12(7-9)5-4-8(13)11-2/h3-7,10H2,1-2H3,(H,11,13). The predicted molar refractivity (Wildman–Crippen MR) is 52.3 cm³/mol. The maximum atomic E-state index is 10.9. The van der Waals surface area contributed by atoms with Crippen molar-refractivity contribution in [2.45, 2.75) is 25.3 Å². The van der Waals surface area contributed by atoms with E-state index >= 15 is 0 Å². The molecule has 0 radical (unpaired) electrons. The summed E-state index contributed by atoms with van der Waals surface area (Å²) in [6.07, 6.45) is 1.60. The van der Waals surface area contributed by atoms with E-state index in [1.807, 2.05) is 0 Å². The van der Waals surface area contributed by atoms with Gasteiger partial charge in [-0.25, -0.2) is 0 Å². The molecule has 0 spiro atoms. The largest absolute Gasteiger partial charge is 0.359 e. The highest BCUT2D eigenvalue weighted by atomic mass is 16.1. The zero-order valence-corrected chi connectivity index (χ0v) is 8.47. The zero-order valence-electron chi connectivity index (χ0n) is 8.47. The summed E-state index contributed by atoms with van der Waals surface area (Å²) >= 11 is 0. The zero-order chi connectivity index (χ0) is 9.90. The molecule has 1 saturated heterocycles. The summed E-state index contributed by atoms with van der Waals surface area (Å²) in [6, 6.07) is 0. The van der Waals surface area contributed by atoms with Crippen molar-refractivity contribution in [3.63, 3.8) is 0 Å². The summed E-state index contributed by atoms with van der Waals surface area (Å²) in [6.45, 7) is 4.80. The lowest BCUT2D eigenvalue weighted by molar-refractivity contribution is -0.121. The van der Waals surface area contributed by atoms with E-state index in [2.05, 4.69) is 17.1 Å². The minimum atomic E-state index is 0.0166. The average Bonchev–Trinajstić information content (AvgIpc) is 2.09. The van der Waals surface area contributed by atoms with Crippen molar-refractivity contribution in [2.75, 3.05) is 26.7 Å². The molecule has 0 aliphatic carbocycles. The van der Waals surface area contributed by atoms with Crippen LogP contribution in [-0.2, 0) is 4.79 Å². The van der Waals surface area contributed by atoms with Crippen LogP contribution >= 0.6 is 0 Å². The van der Waals surface area contributed by atoms with Crippen LogP contribution in [-0.4, -0.2) is 43.0 Å². The Labute approximate surface area is 79.5 Å². The van der Waals surface area contributed by atoms with Gasteiger partial charge in [-0.15, -0.1) is 0 Å². The number of hydrogen-bond donors (Lipinski definition) is 2. The quantitative estimate of drug-likeness (QED) is 0.623. The van der Waals surface area contributed by atoms with E-state index in [1.54, 1.807) is 7.05 Å². The second kappa shape index (κ2) is 4.07. The molecule has 0 bridgehead atoms. The van der Waals surface area contributed by atoms with Gasteiger partial charge in [0, 0.05) is 38.6 Å². The number of carbonyl (C=O) groups excluding carboxylic acids is 1. The minimum Gasteiger partial charge on any atom is -0.359 e. The molecule has 0 aromatic carbocycles. The molecule has 0 unspecified atom stereocenters. The lowest BCUT2D eigenvalue weighted by Crippen LogP contribution is -2.67. The average molecular weight is 185 g/mol. The minimum absolute atomic E-state index is 0.0166. The Morgan fingerprint density at radius 2 is 2.23 bits per heavy atom. The third-order valence-electron chi connectivity index (χ3n) is 2.72. The van der Waals surface area contributed by atoms with Crippen molar-refractivity contribution in [1.29, 1.82) is 0 Å². The molecule has 4 nitrogen and oxygen atoms in total. The molecule has 1 amide bonds. The summed E-state index contributed by atoms with van der Waals surface area (Å²) < 4.78 is 0. The third-order valence-corrected chi connectivity index (χ3v) is 2.72. The molecule has 4 heteroatoms. The number of nitrogens with two attached hydrogens (primary N) is 1. The van der Waals surface area contributed by atoms with Gasteiger partial charge in [-0.2, -0.15) is 0 Å². The van der Waals surface area contributed by atoms with Crippen LogP contribution in [0.2, 0.25) is 0 Å². The van der Waals surface area contributed by atoms with E-state index in [4.69, 9.17) is 5.73 Å². The second-order valence-electron chi connectivity index (χ2n) is 3.85. The Kier molecular flexibility index (Phi) is 3.27. The Hall–Kier alpha value is -0.610. The predicted octanol–water partition coefficient (Wildman–Crippen LogP) is -0.454. The van der Waals surface area contributed by atoms with E-state index < -0.39 is 0 Å². The fourth-order valence-corrected chi connectivity index (χ4v) is 1.61. The van der Waals surface area contributed by atoms with Gasteiger partial charge >= 0.3 is 0 Å². The van der Waals surface area contributed by atoms with Crippen LogP contribution in [0.5, 0.6) is 0 Å². The molecule has 1 rings (SSSR count). The molecule has 1 aliphatic rings. The number of nitrogens with zero attached hydrogens (tertiary/aromatic N) is 1. The van der Waals surface area contributed by atoms with Crippen LogP contribution in [0.4, 0.5) is 0 Å². The Balaban J connectivity index is 2.11. The van der Waals surface area contributed by atoms with Crippen LogP contribution in [0.15, 0.2) is 0 Å². The molecule has 3 N–H and O–H groups in total. The van der Waals surface area contributed by atoms with E-state index in [0.29, 0.717) is 6.42 Å². The second-order valence-corrected chi connectivity index (χ2v) is 3.85. The van der Waals surface area contributed by atoms with Crippen LogP contribution in [0, 0.1) is 0 Å². The number of rotatable bonds is 4. The first kappa shape index (κ1) is 10.5. The molecule has 1 heterocycles. The van der Waals surface area contributed by atoms with Gasteiger partial charge in [-0.1, -0.05) is 6.92 Å². The molecule has 0 aromatic rings. The topological polar surface area (TPSA) is 58.4 Å². The van der Waals surface area contributed by atoms with Gasteiger partial charge in [-0.3, -0.25) is 9.69 Å². The number of likely N-dealkylation sites (tertiary alicyclic amines) is 1. The van der Waals surface area contributed by atoms with Gasteiger partial charge in [0.1, 0.15) is 0 Å². The van der Waals surface area contributed by atoms with Crippen LogP contribution < -0.4 is 11.1 Å². The Morgan fingerprint density at radius 1 is 1.62 bits per heavy atom.